The maximum absolute atomic E-state index is 13.7. The van der Waals surface area contributed by atoms with E-state index in [2.05, 4.69) is 9.68 Å². The van der Waals surface area contributed by atoms with Crippen molar-refractivity contribution in [1.82, 2.24) is 5.16 Å². The van der Waals surface area contributed by atoms with Crippen molar-refractivity contribution < 1.29 is 18.1 Å². The van der Waals surface area contributed by atoms with Gasteiger partial charge in [0.2, 0.25) is 0 Å². The van der Waals surface area contributed by atoms with Crippen molar-refractivity contribution in [3.63, 3.8) is 0 Å². The van der Waals surface area contributed by atoms with E-state index in [1.165, 1.54) is 24.3 Å². The molecule has 5 heteroatoms. The molecule has 0 N–H and O–H groups in total. The molecule has 0 amide bonds. The molecule has 0 radical (unpaired) electrons. The van der Waals surface area contributed by atoms with Gasteiger partial charge < -0.3 is 4.52 Å². The van der Waals surface area contributed by atoms with Gasteiger partial charge in [-0.05, 0) is 0 Å². The maximum Gasteiger partial charge on any atom is 0.336 e. The molecule has 0 atom stereocenters. The molecule has 0 fully saturated rings. The fraction of sp³-hybridized carbons (Fsp3) is 0.0909. The summed E-state index contributed by atoms with van der Waals surface area (Å²) in [5.74, 6) is -4.95. The average Bonchev–Trinajstić information content (AvgIpc) is 2.82. The highest BCUT2D eigenvalue weighted by atomic mass is 19.3. The third-order valence-corrected chi connectivity index (χ3v) is 2.09. The first-order chi connectivity index (χ1) is 7.62. The number of carbonyl (C=O) groups is 1. The van der Waals surface area contributed by atoms with Crippen LogP contribution in [0.25, 0.3) is 0 Å². The molecular formula is C11H7F2NO2. The molecular weight excluding hydrogens is 216 g/mol. The van der Waals surface area contributed by atoms with Crippen molar-refractivity contribution in [2.75, 3.05) is 0 Å². The molecule has 2 rings (SSSR count). The van der Waals surface area contributed by atoms with E-state index in [0.717, 1.165) is 12.3 Å². The smallest absolute Gasteiger partial charge is 0.336 e. The molecule has 0 spiro atoms. The van der Waals surface area contributed by atoms with E-state index in [1.54, 1.807) is 6.07 Å². The minimum Gasteiger partial charge on any atom is -0.364 e. The van der Waals surface area contributed by atoms with Gasteiger partial charge in [-0.25, -0.2) is 0 Å². The van der Waals surface area contributed by atoms with E-state index in [9.17, 15) is 13.6 Å². The molecule has 0 bridgehead atoms. The number of rotatable bonds is 3. The lowest BCUT2D eigenvalue weighted by atomic mass is 10.0. The molecule has 0 saturated heterocycles. The third kappa shape index (κ3) is 1.71. The molecule has 0 aliphatic carbocycles. The van der Waals surface area contributed by atoms with Crippen LogP contribution in [0.1, 0.15) is 16.1 Å². The summed E-state index contributed by atoms with van der Waals surface area (Å²) in [6, 6.07) is 7.98. The first-order valence-corrected chi connectivity index (χ1v) is 4.51. The predicted molar refractivity (Wildman–Crippen MR) is 51.2 cm³/mol. The van der Waals surface area contributed by atoms with Gasteiger partial charge in [0.25, 0.3) is 5.78 Å². The number of ketones is 1. The molecule has 1 aromatic carbocycles. The highest BCUT2D eigenvalue weighted by molar-refractivity contribution is 6.00. The van der Waals surface area contributed by atoms with Gasteiger partial charge in [0.05, 0.1) is 0 Å². The fourth-order valence-electron chi connectivity index (χ4n) is 1.27. The number of halogens is 2. The van der Waals surface area contributed by atoms with E-state index in [0.29, 0.717) is 0 Å². The molecule has 3 nitrogen and oxygen atoms in total. The van der Waals surface area contributed by atoms with Crippen LogP contribution in [0, 0.1) is 0 Å². The van der Waals surface area contributed by atoms with Crippen LogP contribution in [-0.2, 0) is 5.92 Å². The Morgan fingerprint density at radius 3 is 2.44 bits per heavy atom. The van der Waals surface area contributed by atoms with Crippen LogP contribution in [-0.4, -0.2) is 10.9 Å². The van der Waals surface area contributed by atoms with Crippen LogP contribution < -0.4 is 0 Å². The standard InChI is InChI=1S/C11H7F2NO2/c12-11(13,8-4-2-1-3-5-8)10(15)9-6-7-16-14-9/h1-7H. The normalized spacial score (nSPS) is 11.4. The zero-order valence-electron chi connectivity index (χ0n) is 8.06. The zero-order valence-corrected chi connectivity index (χ0v) is 8.06. The fourth-order valence-corrected chi connectivity index (χ4v) is 1.27. The maximum atomic E-state index is 13.7. The molecule has 16 heavy (non-hydrogen) atoms. The summed E-state index contributed by atoms with van der Waals surface area (Å²) in [4.78, 5) is 11.5. The summed E-state index contributed by atoms with van der Waals surface area (Å²) in [6.07, 6.45) is 1.08. The Morgan fingerprint density at radius 2 is 1.88 bits per heavy atom. The zero-order chi connectivity index (χ0) is 11.6. The molecule has 0 aliphatic rings. The lowest BCUT2D eigenvalue weighted by Crippen LogP contribution is -2.26. The predicted octanol–water partition coefficient (Wildman–Crippen LogP) is 2.65. The van der Waals surface area contributed by atoms with Crippen molar-refractivity contribution in [1.29, 1.82) is 0 Å². The second-order valence-electron chi connectivity index (χ2n) is 3.15. The molecule has 0 saturated carbocycles. The third-order valence-electron chi connectivity index (χ3n) is 2.09. The van der Waals surface area contributed by atoms with Crippen LogP contribution in [0.15, 0.2) is 47.2 Å². The Kier molecular flexibility index (Phi) is 2.52. The molecule has 2 aromatic rings. The van der Waals surface area contributed by atoms with Crippen molar-refractivity contribution in [2.24, 2.45) is 0 Å². The van der Waals surface area contributed by atoms with Gasteiger partial charge in [0, 0.05) is 11.6 Å². The Hall–Kier alpha value is -2.04. The highest BCUT2D eigenvalue weighted by Gasteiger charge is 2.42. The number of carbonyl (C=O) groups excluding carboxylic acids is 1. The monoisotopic (exact) mass is 223 g/mol. The SMILES string of the molecule is O=C(c1ccon1)C(F)(F)c1ccccc1. The van der Waals surface area contributed by atoms with E-state index in [-0.39, 0.29) is 11.3 Å². The van der Waals surface area contributed by atoms with Crippen LogP contribution in [0.4, 0.5) is 8.78 Å². The largest absolute Gasteiger partial charge is 0.364 e. The number of aromatic nitrogens is 1. The minimum atomic E-state index is -3.59. The summed E-state index contributed by atoms with van der Waals surface area (Å²) in [6.45, 7) is 0. The highest BCUT2D eigenvalue weighted by Crippen LogP contribution is 2.31. The van der Waals surface area contributed by atoms with Gasteiger partial charge in [-0.2, -0.15) is 8.78 Å². The molecule has 1 heterocycles. The average molecular weight is 223 g/mol. The van der Waals surface area contributed by atoms with Crippen molar-refractivity contribution >= 4 is 5.78 Å². The van der Waals surface area contributed by atoms with Crippen molar-refractivity contribution in [3.05, 3.63) is 53.9 Å². The number of benzene rings is 1. The minimum absolute atomic E-state index is 0.358. The second-order valence-corrected chi connectivity index (χ2v) is 3.15. The van der Waals surface area contributed by atoms with Crippen LogP contribution in [0.3, 0.4) is 0 Å². The lowest BCUT2D eigenvalue weighted by Gasteiger charge is -2.13. The van der Waals surface area contributed by atoms with E-state index < -0.39 is 11.7 Å². The van der Waals surface area contributed by atoms with E-state index in [4.69, 9.17) is 0 Å². The van der Waals surface area contributed by atoms with E-state index >= 15 is 0 Å². The molecule has 0 unspecified atom stereocenters. The Labute approximate surface area is 89.7 Å². The van der Waals surface area contributed by atoms with Gasteiger partial charge >= 0.3 is 5.92 Å². The summed E-state index contributed by atoms with van der Waals surface area (Å²) in [7, 11) is 0. The number of Topliss-reactive ketones (excluding diaryl/α,β-unsaturated/α-hetero) is 1. The van der Waals surface area contributed by atoms with Gasteiger partial charge in [0.15, 0.2) is 5.69 Å². The lowest BCUT2D eigenvalue weighted by molar-refractivity contribution is 0.00659. The summed E-state index contributed by atoms with van der Waals surface area (Å²) in [5.41, 5.74) is -0.739. The van der Waals surface area contributed by atoms with Gasteiger partial charge in [-0.1, -0.05) is 35.5 Å². The van der Waals surface area contributed by atoms with Crippen LogP contribution in [0.5, 0.6) is 0 Å². The topological polar surface area (TPSA) is 43.1 Å². The summed E-state index contributed by atoms with van der Waals surface area (Å²) < 4.78 is 31.7. The molecule has 0 aliphatic heterocycles. The Balaban J connectivity index is 2.36. The summed E-state index contributed by atoms with van der Waals surface area (Å²) in [5, 5.41) is 3.20. The van der Waals surface area contributed by atoms with Gasteiger partial charge in [-0.15, -0.1) is 0 Å². The first kappa shape index (κ1) is 10.5. The van der Waals surface area contributed by atoms with Crippen LogP contribution in [0.2, 0.25) is 0 Å². The Bertz CT molecular complexity index is 480. The quantitative estimate of drug-likeness (QED) is 0.751. The van der Waals surface area contributed by atoms with Gasteiger partial charge in [0.1, 0.15) is 6.26 Å². The second kappa shape index (κ2) is 3.84. The molecule has 82 valence electrons. The van der Waals surface area contributed by atoms with Gasteiger partial charge in [-0.3, -0.25) is 4.79 Å². The van der Waals surface area contributed by atoms with Crippen molar-refractivity contribution in [3.8, 4) is 0 Å². The number of hydrogen-bond donors (Lipinski definition) is 0. The van der Waals surface area contributed by atoms with E-state index in [1.807, 2.05) is 0 Å². The number of hydrogen-bond acceptors (Lipinski definition) is 3. The first-order valence-electron chi connectivity index (χ1n) is 4.51. The summed E-state index contributed by atoms with van der Waals surface area (Å²) >= 11 is 0. The molecule has 1 aromatic heterocycles. The Morgan fingerprint density at radius 1 is 1.19 bits per heavy atom. The number of nitrogens with zero attached hydrogens (tertiary/aromatic N) is 1. The number of alkyl halides is 2. The van der Waals surface area contributed by atoms with Crippen LogP contribution >= 0.6 is 0 Å². The van der Waals surface area contributed by atoms with Crippen molar-refractivity contribution in [2.45, 2.75) is 5.92 Å².